The molecule has 0 aliphatic heterocycles. The van der Waals surface area contributed by atoms with Gasteiger partial charge in [-0.05, 0) is 31.4 Å². The second-order valence-corrected chi connectivity index (χ2v) is 4.49. The van der Waals surface area contributed by atoms with E-state index in [0.29, 0.717) is 28.7 Å². The SMILES string of the molecule is [2H]N(C([2H])([2H])[2H])C1(c2ccccc2Cl)CCCCC1=O. The number of ketones is 1. The number of carbonyl (C=O) groups excluding carboxylic acids is 1. The van der Waals surface area contributed by atoms with E-state index in [1.807, 2.05) is 0 Å². The highest BCUT2D eigenvalue weighted by Gasteiger charge is 2.40. The van der Waals surface area contributed by atoms with E-state index in [-0.39, 0.29) is 12.2 Å². The number of hydrogen-bond donors (Lipinski definition) is 1. The molecule has 1 aromatic carbocycles. The quantitative estimate of drug-likeness (QED) is 0.863. The van der Waals surface area contributed by atoms with Crippen LogP contribution >= 0.6 is 11.6 Å². The number of Topliss-reactive ketones (excluding diaryl/α,β-unsaturated/α-hetero) is 1. The van der Waals surface area contributed by atoms with Crippen LogP contribution < -0.4 is 5.31 Å². The first-order valence-electron chi connectivity index (χ1n) is 7.32. The van der Waals surface area contributed by atoms with Crippen LogP contribution in [0.25, 0.3) is 0 Å². The molecule has 1 fully saturated rings. The Hall–Kier alpha value is -0.860. The van der Waals surface area contributed by atoms with Crippen LogP contribution in [0.1, 0.15) is 35.4 Å². The van der Waals surface area contributed by atoms with Crippen molar-refractivity contribution in [1.29, 1.82) is 0 Å². The predicted molar refractivity (Wildman–Crippen MR) is 65.7 cm³/mol. The Kier molecular flexibility index (Phi) is 2.13. The molecule has 0 heterocycles. The highest BCUT2D eigenvalue weighted by atomic mass is 35.5. The molecule has 1 aromatic rings. The van der Waals surface area contributed by atoms with Crippen LogP contribution in [-0.4, -0.2) is 12.8 Å². The minimum Gasteiger partial charge on any atom is -0.304 e. The fourth-order valence-corrected chi connectivity index (χ4v) is 2.56. The Labute approximate surface area is 107 Å². The van der Waals surface area contributed by atoms with Crippen LogP contribution in [0.4, 0.5) is 0 Å². The van der Waals surface area contributed by atoms with Gasteiger partial charge in [0.05, 0.1) is 0 Å². The summed E-state index contributed by atoms with van der Waals surface area (Å²) in [7, 11) is 0. The van der Waals surface area contributed by atoms with Crippen LogP contribution in [-0.2, 0) is 10.3 Å². The maximum Gasteiger partial charge on any atom is 0.157 e. The van der Waals surface area contributed by atoms with E-state index in [2.05, 4.69) is 0 Å². The summed E-state index contributed by atoms with van der Waals surface area (Å²) in [4.78, 5) is 12.5. The molecular weight excluding hydrogens is 222 g/mol. The van der Waals surface area contributed by atoms with Crippen molar-refractivity contribution in [3.05, 3.63) is 34.9 Å². The van der Waals surface area contributed by atoms with Crippen molar-refractivity contribution in [3.63, 3.8) is 0 Å². The van der Waals surface area contributed by atoms with E-state index in [1.165, 1.54) is 0 Å². The standard InChI is InChI=1S/C13H16ClNO/c1-15-13(9-5-4-8-12(13)16)10-6-2-3-7-11(10)14/h2-3,6-7,15H,4-5,8-9H2,1H3/i1D3/hD. The second-order valence-electron chi connectivity index (χ2n) is 4.08. The van der Waals surface area contributed by atoms with Crippen molar-refractivity contribution < 1.29 is 10.3 Å². The lowest BCUT2D eigenvalue weighted by Gasteiger charge is -2.36. The first kappa shape index (κ1) is 7.46. The zero-order valence-electron chi connectivity index (χ0n) is 12.9. The number of halogens is 1. The molecule has 1 saturated carbocycles. The summed E-state index contributed by atoms with van der Waals surface area (Å²) < 4.78 is 30.5. The van der Waals surface area contributed by atoms with Crippen LogP contribution in [0.3, 0.4) is 0 Å². The molecule has 86 valence electrons. The van der Waals surface area contributed by atoms with E-state index in [0.717, 1.165) is 6.42 Å². The number of carbonyl (C=O) groups is 1. The van der Waals surface area contributed by atoms with Gasteiger partial charge in [-0.1, -0.05) is 36.2 Å². The van der Waals surface area contributed by atoms with E-state index in [9.17, 15) is 4.79 Å². The van der Waals surface area contributed by atoms with Crippen molar-refractivity contribution in [2.45, 2.75) is 31.2 Å². The summed E-state index contributed by atoms with van der Waals surface area (Å²) in [6.07, 6.45) is 2.00. The summed E-state index contributed by atoms with van der Waals surface area (Å²) in [5.74, 6) is -0.247. The first-order chi connectivity index (χ1) is 9.30. The second kappa shape index (κ2) is 4.56. The van der Waals surface area contributed by atoms with Gasteiger partial charge in [0.1, 0.15) is 6.95 Å². The average Bonchev–Trinajstić information content (AvgIpc) is 2.39. The van der Waals surface area contributed by atoms with Gasteiger partial charge in [-0.2, -0.15) is 0 Å². The third-order valence-electron chi connectivity index (χ3n) is 3.16. The van der Waals surface area contributed by atoms with Gasteiger partial charge in [-0.3, -0.25) is 4.79 Å². The highest BCUT2D eigenvalue weighted by molar-refractivity contribution is 6.31. The molecule has 1 atom stereocenters. The minimum atomic E-state index is -2.67. The summed E-state index contributed by atoms with van der Waals surface area (Å²) in [6.45, 7) is -2.67. The molecule has 1 aliphatic carbocycles. The lowest BCUT2D eigenvalue weighted by atomic mass is 9.75. The maximum atomic E-state index is 12.5. The van der Waals surface area contributed by atoms with E-state index >= 15 is 0 Å². The fraction of sp³-hybridized carbons (Fsp3) is 0.462. The van der Waals surface area contributed by atoms with Gasteiger partial charge in [-0.25, -0.2) is 0 Å². The molecule has 1 aliphatic rings. The molecule has 0 spiro atoms. The first-order valence-corrected chi connectivity index (χ1v) is 5.75. The smallest absolute Gasteiger partial charge is 0.157 e. The molecule has 16 heavy (non-hydrogen) atoms. The van der Waals surface area contributed by atoms with Gasteiger partial charge >= 0.3 is 0 Å². The largest absolute Gasteiger partial charge is 0.304 e. The third kappa shape index (κ3) is 1.76. The number of benzene rings is 1. The molecule has 2 rings (SSSR count). The molecule has 1 unspecified atom stereocenters. The summed E-state index contributed by atoms with van der Waals surface area (Å²) >= 11 is 6.16. The molecule has 3 heteroatoms. The molecule has 0 aromatic heterocycles. The van der Waals surface area contributed by atoms with Gasteiger partial charge in [0.15, 0.2) is 5.78 Å². The zero-order chi connectivity index (χ0) is 15.0. The van der Waals surface area contributed by atoms with Crippen molar-refractivity contribution in [2.24, 2.45) is 0 Å². The number of rotatable bonds is 2. The van der Waals surface area contributed by atoms with Crippen LogP contribution in [0.2, 0.25) is 6.43 Å². The maximum absolute atomic E-state index is 12.5. The molecule has 0 bridgehead atoms. The number of likely N-dealkylation sites (N-methyl/N-ethyl adjacent to an activating group) is 1. The minimum absolute atomic E-state index is 0.247. The normalized spacial score (nSPS) is 30.5. The molecule has 2 nitrogen and oxygen atoms in total. The molecule has 0 radical (unpaired) electrons. The fourth-order valence-electron chi connectivity index (χ4n) is 2.27. The Balaban J connectivity index is 2.61. The number of hydrogen-bond acceptors (Lipinski definition) is 2. The third-order valence-corrected chi connectivity index (χ3v) is 3.49. The van der Waals surface area contributed by atoms with Crippen molar-refractivity contribution >= 4 is 17.4 Å². The van der Waals surface area contributed by atoms with Crippen molar-refractivity contribution in [1.82, 2.24) is 5.31 Å². The van der Waals surface area contributed by atoms with Gasteiger partial charge in [0.2, 0.25) is 0 Å². The molecule has 1 N–H and O–H groups in total. The molecule has 0 saturated heterocycles. The Morgan fingerprint density at radius 1 is 1.50 bits per heavy atom. The van der Waals surface area contributed by atoms with Gasteiger partial charge < -0.3 is 5.31 Å². The molecular formula is C13H16ClNO. The van der Waals surface area contributed by atoms with E-state index in [1.54, 1.807) is 24.3 Å². The van der Waals surface area contributed by atoms with Gasteiger partial charge in [0, 0.05) is 15.6 Å². The molecule has 0 amide bonds. The number of nitrogens with one attached hydrogen (secondary N) is 1. The average molecular weight is 242 g/mol. The Morgan fingerprint density at radius 2 is 2.31 bits per heavy atom. The summed E-state index contributed by atoms with van der Waals surface area (Å²) in [6, 6.07) is 6.68. The summed E-state index contributed by atoms with van der Waals surface area (Å²) in [5.41, 5.74) is -1.06. The van der Waals surface area contributed by atoms with Crippen LogP contribution in [0, 0.1) is 0 Å². The monoisotopic (exact) mass is 241 g/mol. The van der Waals surface area contributed by atoms with Gasteiger partial charge in [0.25, 0.3) is 0 Å². The Bertz CT molecular complexity index is 519. The topological polar surface area (TPSA) is 29.1 Å². The van der Waals surface area contributed by atoms with E-state index in [4.69, 9.17) is 17.1 Å². The van der Waals surface area contributed by atoms with Crippen molar-refractivity contribution in [2.75, 3.05) is 6.98 Å². The Morgan fingerprint density at radius 3 is 3.00 bits per heavy atom. The van der Waals surface area contributed by atoms with Crippen LogP contribution in [0.15, 0.2) is 24.3 Å². The summed E-state index contributed by atoms with van der Waals surface area (Å²) in [5, 5.41) is 0.784. The zero-order valence-corrected chi connectivity index (χ0v) is 9.63. The van der Waals surface area contributed by atoms with Gasteiger partial charge in [-0.15, -0.1) is 0 Å². The van der Waals surface area contributed by atoms with Crippen molar-refractivity contribution in [3.8, 4) is 0 Å². The highest BCUT2D eigenvalue weighted by Crippen LogP contribution is 2.37. The predicted octanol–water partition coefficient (Wildman–Crippen LogP) is 2.90. The lowest BCUT2D eigenvalue weighted by molar-refractivity contribution is -0.127. The van der Waals surface area contributed by atoms with E-state index < -0.39 is 12.5 Å². The van der Waals surface area contributed by atoms with Crippen LogP contribution in [0.5, 0.6) is 0 Å². The lowest BCUT2D eigenvalue weighted by Crippen LogP contribution is -2.49.